The molecule has 0 radical (unpaired) electrons. The lowest BCUT2D eigenvalue weighted by Crippen LogP contribution is -2.49. The molecule has 96 valence electrons. The van der Waals surface area contributed by atoms with Crippen LogP contribution in [0, 0.1) is 0 Å². The molecular formula is C14H23ClN2. The Morgan fingerprint density at radius 2 is 1.88 bits per heavy atom. The van der Waals surface area contributed by atoms with Crippen LogP contribution < -0.4 is 5.32 Å². The number of hydrogen-bond donors (Lipinski definition) is 1. The van der Waals surface area contributed by atoms with Crippen LogP contribution in [0.3, 0.4) is 0 Å². The van der Waals surface area contributed by atoms with E-state index >= 15 is 0 Å². The number of halogens is 1. The van der Waals surface area contributed by atoms with Crippen LogP contribution in [0.1, 0.15) is 25.0 Å². The molecule has 0 bridgehead atoms. The van der Waals surface area contributed by atoms with Crippen LogP contribution in [0.4, 0.5) is 0 Å². The van der Waals surface area contributed by atoms with Crippen molar-refractivity contribution in [1.29, 1.82) is 0 Å². The molecule has 1 aromatic rings. The van der Waals surface area contributed by atoms with E-state index in [1.807, 2.05) is 0 Å². The zero-order chi connectivity index (χ0) is 11.4. The monoisotopic (exact) mass is 254 g/mol. The lowest BCUT2D eigenvalue weighted by molar-refractivity contribution is 0.165. The van der Waals surface area contributed by atoms with Gasteiger partial charge in [-0.1, -0.05) is 31.2 Å². The Kier molecular flexibility index (Phi) is 5.96. The summed E-state index contributed by atoms with van der Waals surface area (Å²) in [4.78, 5) is 2.55. The first-order chi connectivity index (χ1) is 7.79. The third-order valence-corrected chi connectivity index (χ3v) is 3.46. The van der Waals surface area contributed by atoms with Crippen LogP contribution in [0.5, 0.6) is 0 Å². The normalized spacial score (nSPS) is 20.9. The van der Waals surface area contributed by atoms with Gasteiger partial charge in [-0.05, 0) is 24.5 Å². The predicted molar refractivity (Wildman–Crippen MR) is 75.8 cm³/mol. The second-order valence-electron chi connectivity index (χ2n) is 4.69. The minimum absolute atomic E-state index is 0. The van der Waals surface area contributed by atoms with E-state index in [9.17, 15) is 0 Å². The Morgan fingerprint density at radius 1 is 1.24 bits per heavy atom. The van der Waals surface area contributed by atoms with Gasteiger partial charge in [0.25, 0.3) is 0 Å². The molecule has 0 aromatic heterocycles. The van der Waals surface area contributed by atoms with Crippen LogP contribution in [0.25, 0.3) is 0 Å². The van der Waals surface area contributed by atoms with Gasteiger partial charge in [0.1, 0.15) is 0 Å². The third-order valence-electron chi connectivity index (χ3n) is 3.46. The highest BCUT2D eigenvalue weighted by molar-refractivity contribution is 5.85. The molecule has 1 saturated heterocycles. The summed E-state index contributed by atoms with van der Waals surface area (Å²) in [5, 5.41) is 3.43. The highest BCUT2D eigenvalue weighted by Crippen LogP contribution is 2.11. The second-order valence-corrected chi connectivity index (χ2v) is 4.69. The Morgan fingerprint density at radius 3 is 2.47 bits per heavy atom. The molecule has 1 heterocycles. The molecule has 0 aliphatic carbocycles. The van der Waals surface area contributed by atoms with Gasteiger partial charge in [0.2, 0.25) is 0 Å². The van der Waals surface area contributed by atoms with Gasteiger partial charge in [0.05, 0.1) is 0 Å². The quantitative estimate of drug-likeness (QED) is 0.892. The smallest absolute Gasteiger partial charge is 0.0237 e. The summed E-state index contributed by atoms with van der Waals surface area (Å²) in [7, 11) is 0. The van der Waals surface area contributed by atoms with E-state index in [1.165, 1.54) is 11.1 Å². The van der Waals surface area contributed by atoms with Gasteiger partial charge in [-0.15, -0.1) is 12.4 Å². The van der Waals surface area contributed by atoms with Gasteiger partial charge in [0, 0.05) is 32.2 Å². The maximum absolute atomic E-state index is 3.43. The molecule has 1 N–H and O–H groups in total. The standard InChI is InChI=1S/C14H22N2.ClH/c1-3-13-4-6-14(7-5-13)11-16-9-8-15-10-12(16)2;/h4-7,12,15H,3,8-11H2,1-2H3;1H/t12-;/m1./s1. The van der Waals surface area contributed by atoms with Crippen molar-refractivity contribution in [3.05, 3.63) is 35.4 Å². The van der Waals surface area contributed by atoms with Gasteiger partial charge < -0.3 is 5.32 Å². The number of hydrogen-bond acceptors (Lipinski definition) is 2. The predicted octanol–water partition coefficient (Wildman–Crippen LogP) is 2.46. The molecule has 1 fully saturated rings. The summed E-state index contributed by atoms with van der Waals surface area (Å²) in [6.07, 6.45) is 1.13. The van der Waals surface area contributed by atoms with Crippen LogP contribution >= 0.6 is 12.4 Å². The molecular weight excluding hydrogens is 232 g/mol. The van der Waals surface area contributed by atoms with E-state index in [4.69, 9.17) is 0 Å². The van der Waals surface area contributed by atoms with Crippen LogP contribution in [-0.2, 0) is 13.0 Å². The average Bonchev–Trinajstić information content (AvgIpc) is 2.33. The second kappa shape index (κ2) is 7.00. The Bertz CT molecular complexity index is 323. The number of aryl methyl sites for hydroxylation is 1. The number of nitrogens with one attached hydrogen (secondary N) is 1. The summed E-state index contributed by atoms with van der Waals surface area (Å²) in [5.41, 5.74) is 2.86. The summed E-state index contributed by atoms with van der Waals surface area (Å²) in [6.45, 7) is 8.99. The topological polar surface area (TPSA) is 15.3 Å². The molecule has 0 saturated carbocycles. The summed E-state index contributed by atoms with van der Waals surface area (Å²) in [5.74, 6) is 0. The number of rotatable bonds is 3. The lowest BCUT2D eigenvalue weighted by atomic mass is 10.1. The maximum atomic E-state index is 3.43. The molecule has 17 heavy (non-hydrogen) atoms. The van der Waals surface area contributed by atoms with Gasteiger partial charge in [-0.25, -0.2) is 0 Å². The molecule has 2 rings (SSSR count). The third kappa shape index (κ3) is 3.98. The van der Waals surface area contributed by atoms with E-state index in [0.29, 0.717) is 6.04 Å². The van der Waals surface area contributed by atoms with Crippen molar-refractivity contribution >= 4 is 12.4 Å². The number of nitrogens with zero attached hydrogens (tertiary/aromatic N) is 1. The van der Waals surface area contributed by atoms with Gasteiger partial charge >= 0.3 is 0 Å². The maximum Gasteiger partial charge on any atom is 0.0237 e. The largest absolute Gasteiger partial charge is 0.314 e. The van der Waals surface area contributed by atoms with Crippen molar-refractivity contribution in [3.63, 3.8) is 0 Å². The van der Waals surface area contributed by atoms with E-state index in [0.717, 1.165) is 32.6 Å². The van der Waals surface area contributed by atoms with Crippen LogP contribution in [0.2, 0.25) is 0 Å². The van der Waals surface area contributed by atoms with Crippen LogP contribution in [0.15, 0.2) is 24.3 Å². The van der Waals surface area contributed by atoms with E-state index in [-0.39, 0.29) is 12.4 Å². The SMILES string of the molecule is CCc1ccc(CN2CCNC[C@H]2C)cc1.Cl. The molecule has 0 spiro atoms. The highest BCUT2D eigenvalue weighted by Gasteiger charge is 2.17. The molecule has 0 amide bonds. The first-order valence-electron chi connectivity index (χ1n) is 6.32. The Balaban J connectivity index is 0.00000144. The molecule has 2 nitrogen and oxygen atoms in total. The van der Waals surface area contributed by atoms with E-state index in [1.54, 1.807) is 0 Å². The van der Waals surface area contributed by atoms with Crippen molar-refractivity contribution in [2.24, 2.45) is 0 Å². The van der Waals surface area contributed by atoms with Crippen LogP contribution in [-0.4, -0.2) is 30.6 Å². The van der Waals surface area contributed by atoms with Crippen molar-refractivity contribution in [1.82, 2.24) is 10.2 Å². The Hall–Kier alpha value is -0.570. The minimum Gasteiger partial charge on any atom is -0.314 e. The molecule has 1 aliphatic rings. The molecule has 1 atom stereocenters. The summed E-state index contributed by atoms with van der Waals surface area (Å²) >= 11 is 0. The highest BCUT2D eigenvalue weighted by atomic mass is 35.5. The number of piperazine rings is 1. The van der Waals surface area contributed by atoms with Crippen molar-refractivity contribution in [3.8, 4) is 0 Å². The van der Waals surface area contributed by atoms with Gasteiger partial charge in [-0.3, -0.25) is 4.90 Å². The zero-order valence-corrected chi connectivity index (χ0v) is 11.6. The summed E-state index contributed by atoms with van der Waals surface area (Å²) in [6, 6.07) is 9.70. The van der Waals surface area contributed by atoms with Crippen molar-refractivity contribution in [2.75, 3.05) is 19.6 Å². The fourth-order valence-electron chi connectivity index (χ4n) is 2.23. The Labute approximate surface area is 111 Å². The van der Waals surface area contributed by atoms with Gasteiger partial charge in [-0.2, -0.15) is 0 Å². The first kappa shape index (κ1) is 14.5. The van der Waals surface area contributed by atoms with E-state index in [2.05, 4.69) is 48.3 Å². The first-order valence-corrected chi connectivity index (χ1v) is 6.32. The number of benzene rings is 1. The molecule has 1 aromatic carbocycles. The average molecular weight is 255 g/mol. The summed E-state index contributed by atoms with van der Waals surface area (Å²) < 4.78 is 0. The fourth-order valence-corrected chi connectivity index (χ4v) is 2.23. The van der Waals surface area contributed by atoms with Gasteiger partial charge in [0.15, 0.2) is 0 Å². The fraction of sp³-hybridized carbons (Fsp3) is 0.571. The zero-order valence-electron chi connectivity index (χ0n) is 10.8. The molecule has 1 aliphatic heterocycles. The van der Waals surface area contributed by atoms with Crippen molar-refractivity contribution in [2.45, 2.75) is 32.9 Å². The van der Waals surface area contributed by atoms with E-state index < -0.39 is 0 Å². The lowest BCUT2D eigenvalue weighted by Gasteiger charge is -2.33. The molecule has 3 heteroatoms. The van der Waals surface area contributed by atoms with Crippen molar-refractivity contribution < 1.29 is 0 Å². The minimum atomic E-state index is 0. The molecule has 0 unspecified atom stereocenters.